The summed E-state index contributed by atoms with van der Waals surface area (Å²) in [4.78, 5) is 0. The Kier molecular flexibility index (Phi) is 2.22. The topological polar surface area (TPSA) is 90.2 Å². The van der Waals surface area contributed by atoms with Crippen LogP contribution in [-0.2, 0) is 4.74 Å². The molecule has 5 nitrogen and oxygen atoms in total. The van der Waals surface area contributed by atoms with Crippen LogP contribution in [0, 0.1) is 0 Å². The molecule has 0 aromatic heterocycles. The van der Waals surface area contributed by atoms with Gasteiger partial charge in [0.1, 0.15) is 18.3 Å². The van der Waals surface area contributed by atoms with E-state index < -0.39 is 24.6 Å². The molecule has 1 aliphatic heterocycles. The van der Waals surface area contributed by atoms with E-state index in [1.54, 1.807) is 0 Å². The van der Waals surface area contributed by atoms with Crippen LogP contribution in [-0.4, -0.2) is 51.6 Å². The van der Waals surface area contributed by atoms with Gasteiger partial charge in [0, 0.05) is 0 Å². The van der Waals surface area contributed by atoms with Crippen molar-refractivity contribution in [2.24, 2.45) is 0 Å². The van der Waals surface area contributed by atoms with Crippen LogP contribution in [0.3, 0.4) is 0 Å². The highest BCUT2D eigenvalue weighted by Gasteiger charge is 2.38. The fourth-order valence-electron chi connectivity index (χ4n) is 0.888. The lowest BCUT2D eigenvalue weighted by molar-refractivity contribution is -0.151. The average molecular weight is 150 g/mol. The van der Waals surface area contributed by atoms with E-state index in [0.717, 1.165) is 0 Å². The molecular formula is C5H10O5. The van der Waals surface area contributed by atoms with Gasteiger partial charge in [0.2, 0.25) is 0 Å². The van der Waals surface area contributed by atoms with Crippen molar-refractivity contribution in [3.8, 4) is 0 Å². The first-order valence-electron chi connectivity index (χ1n) is 2.97. The molecule has 3 atom stereocenters. The SMILES string of the molecule is OC1CO[C@H](C(O)O)C1O. The van der Waals surface area contributed by atoms with Gasteiger partial charge in [-0.3, -0.25) is 0 Å². The van der Waals surface area contributed by atoms with E-state index in [2.05, 4.69) is 4.74 Å². The Morgan fingerprint density at radius 1 is 1.30 bits per heavy atom. The van der Waals surface area contributed by atoms with Crippen LogP contribution in [0.15, 0.2) is 0 Å². The molecule has 10 heavy (non-hydrogen) atoms. The van der Waals surface area contributed by atoms with E-state index in [1.165, 1.54) is 0 Å². The second-order valence-electron chi connectivity index (χ2n) is 2.27. The van der Waals surface area contributed by atoms with E-state index >= 15 is 0 Å². The van der Waals surface area contributed by atoms with Crippen LogP contribution in [0.2, 0.25) is 0 Å². The van der Waals surface area contributed by atoms with Gasteiger partial charge in [-0.05, 0) is 0 Å². The molecule has 0 aromatic rings. The Balaban J connectivity index is 2.49. The molecule has 5 heteroatoms. The molecule has 0 aliphatic carbocycles. The summed E-state index contributed by atoms with van der Waals surface area (Å²) in [6.45, 7) is -0.0521. The van der Waals surface area contributed by atoms with Crippen LogP contribution in [0.5, 0.6) is 0 Å². The van der Waals surface area contributed by atoms with Crippen LogP contribution in [0.1, 0.15) is 0 Å². The molecule has 0 saturated carbocycles. The Morgan fingerprint density at radius 2 is 1.90 bits per heavy atom. The fraction of sp³-hybridized carbons (Fsp3) is 1.00. The number of rotatable bonds is 1. The Morgan fingerprint density at radius 3 is 2.10 bits per heavy atom. The van der Waals surface area contributed by atoms with Crippen molar-refractivity contribution in [3.05, 3.63) is 0 Å². The first kappa shape index (κ1) is 7.90. The summed E-state index contributed by atoms with van der Waals surface area (Å²) in [6.07, 6.45) is -5.01. The van der Waals surface area contributed by atoms with Gasteiger partial charge in [-0.1, -0.05) is 0 Å². The van der Waals surface area contributed by atoms with Crippen LogP contribution in [0.25, 0.3) is 0 Å². The van der Waals surface area contributed by atoms with Gasteiger partial charge in [0.15, 0.2) is 6.29 Å². The zero-order valence-electron chi connectivity index (χ0n) is 5.21. The van der Waals surface area contributed by atoms with E-state index in [4.69, 9.17) is 20.4 Å². The summed E-state index contributed by atoms with van der Waals surface area (Å²) in [6, 6.07) is 0. The number of hydrogen-bond acceptors (Lipinski definition) is 5. The number of ether oxygens (including phenoxy) is 1. The van der Waals surface area contributed by atoms with Gasteiger partial charge in [0.05, 0.1) is 6.61 Å². The molecule has 0 spiro atoms. The third-order valence-electron chi connectivity index (χ3n) is 1.48. The number of hydrogen-bond donors (Lipinski definition) is 4. The smallest absolute Gasteiger partial charge is 0.181 e. The Bertz CT molecular complexity index is 115. The van der Waals surface area contributed by atoms with Crippen LogP contribution < -0.4 is 0 Å². The van der Waals surface area contributed by atoms with Gasteiger partial charge < -0.3 is 25.2 Å². The minimum absolute atomic E-state index is 0.0521. The van der Waals surface area contributed by atoms with Gasteiger partial charge in [-0.2, -0.15) is 0 Å². The summed E-state index contributed by atoms with van der Waals surface area (Å²) < 4.78 is 4.64. The van der Waals surface area contributed by atoms with E-state index in [1.807, 2.05) is 0 Å². The lowest BCUT2D eigenvalue weighted by Gasteiger charge is -2.15. The van der Waals surface area contributed by atoms with Gasteiger partial charge in [-0.15, -0.1) is 0 Å². The first-order valence-corrected chi connectivity index (χ1v) is 2.97. The molecule has 1 heterocycles. The zero-order valence-corrected chi connectivity index (χ0v) is 5.21. The van der Waals surface area contributed by atoms with Crippen molar-refractivity contribution in [3.63, 3.8) is 0 Å². The largest absolute Gasteiger partial charge is 0.388 e. The third kappa shape index (κ3) is 1.28. The maximum Gasteiger partial charge on any atom is 0.181 e. The van der Waals surface area contributed by atoms with Gasteiger partial charge >= 0.3 is 0 Å². The first-order chi connectivity index (χ1) is 4.63. The zero-order chi connectivity index (χ0) is 7.72. The molecular weight excluding hydrogens is 140 g/mol. The molecule has 60 valence electrons. The minimum Gasteiger partial charge on any atom is -0.388 e. The third-order valence-corrected chi connectivity index (χ3v) is 1.48. The molecule has 0 radical (unpaired) electrons. The lowest BCUT2D eigenvalue weighted by atomic mass is 10.1. The fourth-order valence-corrected chi connectivity index (χ4v) is 0.888. The molecule has 0 aromatic carbocycles. The quantitative estimate of drug-likeness (QED) is 0.308. The highest BCUT2D eigenvalue weighted by Crippen LogP contribution is 2.15. The lowest BCUT2D eigenvalue weighted by Crippen LogP contribution is -2.38. The highest BCUT2D eigenvalue weighted by molar-refractivity contribution is 4.83. The van der Waals surface area contributed by atoms with E-state index in [-0.39, 0.29) is 6.61 Å². The minimum atomic E-state index is -1.73. The Hall–Kier alpha value is -0.200. The average Bonchev–Trinajstić information content (AvgIpc) is 2.14. The van der Waals surface area contributed by atoms with Crippen molar-refractivity contribution in [1.29, 1.82) is 0 Å². The molecule has 1 aliphatic rings. The van der Waals surface area contributed by atoms with Crippen molar-refractivity contribution in [2.45, 2.75) is 24.6 Å². The van der Waals surface area contributed by atoms with Crippen molar-refractivity contribution < 1.29 is 25.2 Å². The molecule has 4 N–H and O–H groups in total. The maximum absolute atomic E-state index is 8.93. The second kappa shape index (κ2) is 2.81. The second-order valence-corrected chi connectivity index (χ2v) is 2.27. The van der Waals surface area contributed by atoms with Crippen LogP contribution >= 0.6 is 0 Å². The Labute approximate surface area is 57.5 Å². The summed E-state index contributed by atoms with van der Waals surface area (Å²) in [5.41, 5.74) is 0. The normalized spacial score (nSPS) is 41.1. The highest BCUT2D eigenvalue weighted by atomic mass is 16.6. The molecule has 1 rings (SSSR count). The number of aliphatic hydroxyl groups is 4. The van der Waals surface area contributed by atoms with E-state index in [0.29, 0.717) is 0 Å². The monoisotopic (exact) mass is 150 g/mol. The molecule has 1 saturated heterocycles. The standard InChI is InChI=1S/C5H10O5/c6-2-1-10-4(3(2)7)5(8)9/h2-9H,1H2/t2?,3?,4-/m0/s1. The summed E-state index contributed by atoms with van der Waals surface area (Å²) >= 11 is 0. The summed E-state index contributed by atoms with van der Waals surface area (Å²) in [5, 5.41) is 34.8. The molecule has 1 fully saturated rings. The number of aliphatic hydroxyl groups excluding tert-OH is 3. The summed E-state index contributed by atoms with van der Waals surface area (Å²) in [5.74, 6) is 0. The predicted molar refractivity (Wildman–Crippen MR) is 30.0 cm³/mol. The predicted octanol–water partition coefficient (Wildman–Crippen LogP) is -2.58. The van der Waals surface area contributed by atoms with Gasteiger partial charge in [0.25, 0.3) is 0 Å². The van der Waals surface area contributed by atoms with E-state index in [9.17, 15) is 0 Å². The summed E-state index contributed by atoms with van der Waals surface area (Å²) in [7, 11) is 0. The molecule has 0 amide bonds. The molecule has 0 bridgehead atoms. The van der Waals surface area contributed by atoms with Crippen molar-refractivity contribution in [1.82, 2.24) is 0 Å². The van der Waals surface area contributed by atoms with Crippen LogP contribution in [0.4, 0.5) is 0 Å². The van der Waals surface area contributed by atoms with Crippen molar-refractivity contribution in [2.75, 3.05) is 6.61 Å². The maximum atomic E-state index is 8.93. The van der Waals surface area contributed by atoms with Crippen molar-refractivity contribution >= 4 is 0 Å². The molecule has 2 unspecified atom stereocenters. The van der Waals surface area contributed by atoms with Gasteiger partial charge in [-0.25, -0.2) is 0 Å².